The average Bonchev–Trinajstić information content (AvgIpc) is 3.83. The molecule has 204 valence electrons. The van der Waals surface area contributed by atoms with Gasteiger partial charge in [-0.3, -0.25) is 14.4 Å². The summed E-state index contributed by atoms with van der Waals surface area (Å²) in [5.74, 6) is -0.230. The Bertz CT molecular complexity index is 1190. The summed E-state index contributed by atoms with van der Waals surface area (Å²) in [6.45, 7) is 0.453. The maximum atomic E-state index is 14.0. The summed E-state index contributed by atoms with van der Waals surface area (Å²) in [4.78, 5) is 40.0. The minimum Gasteiger partial charge on any atom is -0.370 e. The van der Waals surface area contributed by atoms with Gasteiger partial charge in [-0.1, -0.05) is 11.6 Å². The van der Waals surface area contributed by atoms with Crippen LogP contribution in [-0.2, 0) is 14.3 Å². The number of nitrogens with zero attached hydrogens (tertiary/aromatic N) is 1. The zero-order valence-corrected chi connectivity index (χ0v) is 22.1. The fourth-order valence-corrected chi connectivity index (χ4v) is 5.73. The van der Waals surface area contributed by atoms with Crippen LogP contribution >= 0.6 is 22.9 Å². The lowest BCUT2D eigenvalue weighted by Gasteiger charge is -2.28. The molecule has 8 nitrogen and oxygen atoms in total. The number of rotatable bonds is 11. The predicted molar refractivity (Wildman–Crippen MR) is 141 cm³/mol. The number of amides is 3. The normalized spacial score (nSPS) is 18.7. The second-order valence-electron chi connectivity index (χ2n) is 9.89. The van der Waals surface area contributed by atoms with Gasteiger partial charge in [0.05, 0.1) is 15.8 Å². The molecule has 1 aromatic carbocycles. The lowest BCUT2D eigenvalue weighted by atomic mass is 10.1. The first-order valence-corrected chi connectivity index (χ1v) is 13.9. The second kappa shape index (κ2) is 11.6. The third-order valence-corrected chi connectivity index (χ3v) is 8.29. The molecule has 3 N–H and O–H groups in total. The summed E-state index contributed by atoms with van der Waals surface area (Å²) >= 11 is 7.08. The van der Waals surface area contributed by atoms with Gasteiger partial charge in [0.15, 0.2) is 0 Å². The predicted octanol–water partition coefficient (Wildman–Crippen LogP) is 4.22. The van der Waals surface area contributed by atoms with Crippen molar-refractivity contribution in [3.8, 4) is 0 Å². The SMILES string of the molecule is O=C(NC[C@H](NC(C1CC1)C1CC1)C(=O)Nc1ccc(N2CCOCC2=O)cc1C(F)F)c1ccc(Cl)s1. The molecule has 2 aromatic rings. The summed E-state index contributed by atoms with van der Waals surface area (Å²) in [6, 6.07) is 6.70. The molecule has 1 aromatic heterocycles. The number of thiophene rings is 1. The molecule has 1 aliphatic heterocycles. The summed E-state index contributed by atoms with van der Waals surface area (Å²) < 4.78 is 33.7. The standard InChI is InChI=1S/C26H29ClF2N4O4S/c27-21-8-7-20(38-21)26(36)30-12-19(31-23(14-1-2-14)15-3-4-15)25(35)32-18-6-5-16(11-17(18)24(28)29)33-9-10-37-13-22(33)34/h5-8,11,14-15,19,23-24,31H,1-4,9-10,12-13H2,(H,30,36)(H,32,35)/t19-/m0/s1. The highest BCUT2D eigenvalue weighted by Crippen LogP contribution is 2.44. The first-order valence-electron chi connectivity index (χ1n) is 12.7. The zero-order valence-electron chi connectivity index (χ0n) is 20.6. The van der Waals surface area contributed by atoms with Crippen molar-refractivity contribution in [2.24, 2.45) is 11.8 Å². The van der Waals surface area contributed by atoms with Gasteiger partial charge in [-0.15, -0.1) is 11.3 Å². The number of hydrogen-bond acceptors (Lipinski definition) is 6. The molecule has 3 fully saturated rings. The number of nitrogens with one attached hydrogen (secondary N) is 3. The lowest BCUT2D eigenvalue weighted by molar-refractivity contribution is -0.125. The number of carbonyl (C=O) groups excluding carboxylic acids is 3. The molecule has 12 heteroatoms. The van der Waals surface area contributed by atoms with E-state index in [1.54, 1.807) is 12.1 Å². The Morgan fingerprint density at radius 2 is 1.87 bits per heavy atom. The number of halogens is 3. The van der Waals surface area contributed by atoms with E-state index >= 15 is 0 Å². The van der Waals surface area contributed by atoms with Crippen LogP contribution in [0.2, 0.25) is 4.34 Å². The Labute approximate surface area is 228 Å². The van der Waals surface area contributed by atoms with Gasteiger partial charge in [-0.05, 0) is 67.9 Å². The Balaban J connectivity index is 1.32. The maximum Gasteiger partial charge on any atom is 0.265 e. The summed E-state index contributed by atoms with van der Waals surface area (Å²) in [6.07, 6.45) is 1.46. The number of ether oxygens (including phenoxy) is 1. The van der Waals surface area contributed by atoms with Crippen LogP contribution in [0.25, 0.3) is 0 Å². The van der Waals surface area contributed by atoms with E-state index in [9.17, 15) is 23.2 Å². The third-order valence-electron chi connectivity index (χ3n) is 7.06. The smallest absolute Gasteiger partial charge is 0.265 e. The van der Waals surface area contributed by atoms with Crippen LogP contribution in [0.1, 0.15) is 47.3 Å². The molecule has 0 bridgehead atoms. The third kappa shape index (κ3) is 6.51. The van der Waals surface area contributed by atoms with Gasteiger partial charge in [-0.25, -0.2) is 8.78 Å². The molecule has 1 saturated heterocycles. The molecule has 2 heterocycles. The Morgan fingerprint density at radius 1 is 1.13 bits per heavy atom. The molecule has 0 unspecified atom stereocenters. The van der Waals surface area contributed by atoms with Crippen LogP contribution in [0.3, 0.4) is 0 Å². The minimum atomic E-state index is -2.87. The van der Waals surface area contributed by atoms with Crippen molar-refractivity contribution in [3.05, 3.63) is 45.1 Å². The molecule has 5 rings (SSSR count). The summed E-state index contributed by atoms with van der Waals surface area (Å²) in [5.41, 5.74) is -0.0928. The van der Waals surface area contributed by atoms with Gasteiger partial charge in [-0.2, -0.15) is 0 Å². The van der Waals surface area contributed by atoms with E-state index in [1.165, 1.54) is 23.1 Å². The minimum absolute atomic E-state index is 0.0134. The van der Waals surface area contributed by atoms with Crippen LogP contribution in [0.15, 0.2) is 30.3 Å². The lowest BCUT2D eigenvalue weighted by Crippen LogP contribution is -2.53. The molecule has 3 aliphatic rings. The van der Waals surface area contributed by atoms with Crippen LogP contribution < -0.4 is 20.9 Å². The summed E-state index contributed by atoms with van der Waals surface area (Å²) in [7, 11) is 0. The van der Waals surface area contributed by atoms with Crippen LogP contribution in [0, 0.1) is 11.8 Å². The van der Waals surface area contributed by atoms with Crippen molar-refractivity contribution in [2.75, 3.05) is 36.5 Å². The van der Waals surface area contributed by atoms with Crippen LogP contribution in [-0.4, -0.2) is 56.1 Å². The largest absolute Gasteiger partial charge is 0.370 e. The first kappa shape index (κ1) is 27.0. The molecule has 0 spiro atoms. The van der Waals surface area contributed by atoms with Gasteiger partial charge in [0.1, 0.15) is 12.6 Å². The number of alkyl halides is 2. The molecule has 0 radical (unpaired) electrons. The second-order valence-corrected chi connectivity index (χ2v) is 11.6. The number of morpholine rings is 1. The highest BCUT2D eigenvalue weighted by atomic mass is 35.5. The van der Waals surface area contributed by atoms with Crippen molar-refractivity contribution in [1.29, 1.82) is 0 Å². The summed E-state index contributed by atoms with van der Waals surface area (Å²) in [5, 5.41) is 8.85. The Hall–Kier alpha value is -2.60. The molecule has 1 atom stereocenters. The highest BCUT2D eigenvalue weighted by Gasteiger charge is 2.43. The number of benzene rings is 1. The molecule has 38 heavy (non-hydrogen) atoms. The van der Waals surface area contributed by atoms with E-state index in [0.717, 1.165) is 37.0 Å². The number of hydrogen-bond donors (Lipinski definition) is 3. The molecular weight excluding hydrogens is 538 g/mol. The van der Waals surface area contributed by atoms with Crippen LogP contribution in [0.5, 0.6) is 0 Å². The number of anilines is 2. The fraction of sp³-hybridized carbons (Fsp3) is 0.500. The molecule has 2 saturated carbocycles. The van der Waals surface area contributed by atoms with E-state index in [4.69, 9.17) is 16.3 Å². The average molecular weight is 567 g/mol. The number of carbonyl (C=O) groups is 3. The van der Waals surface area contributed by atoms with Crippen molar-refractivity contribution in [3.63, 3.8) is 0 Å². The van der Waals surface area contributed by atoms with Crippen molar-refractivity contribution < 1.29 is 27.9 Å². The van der Waals surface area contributed by atoms with E-state index in [0.29, 0.717) is 33.3 Å². The van der Waals surface area contributed by atoms with Gasteiger partial charge >= 0.3 is 0 Å². The van der Waals surface area contributed by atoms with E-state index in [2.05, 4.69) is 16.0 Å². The maximum absolute atomic E-state index is 14.0. The monoisotopic (exact) mass is 566 g/mol. The van der Waals surface area contributed by atoms with Crippen molar-refractivity contribution >= 4 is 52.0 Å². The van der Waals surface area contributed by atoms with Gasteiger partial charge in [0, 0.05) is 36.1 Å². The Kier molecular flexibility index (Phi) is 8.27. The highest BCUT2D eigenvalue weighted by molar-refractivity contribution is 7.18. The van der Waals surface area contributed by atoms with Crippen molar-refractivity contribution in [2.45, 2.75) is 44.2 Å². The van der Waals surface area contributed by atoms with Gasteiger partial charge < -0.3 is 25.6 Å². The quantitative estimate of drug-likeness (QED) is 0.378. The van der Waals surface area contributed by atoms with Gasteiger partial charge in [0.25, 0.3) is 18.2 Å². The van der Waals surface area contributed by atoms with E-state index in [1.807, 2.05) is 0 Å². The van der Waals surface area contributed by atoms with Gasteiger partial charge in [0.2, 0.25) is 5.91 Å². The molecular formula is C26H29ClF2N4O4S. The fourth-order valence-electron chi connectivity index (χ4n) is 4.77. The Morgan fingerprint density at radius 3 is 2.47 bits per heavy atom. The van der Waals surface area contributed by atoms with E-state index < -0.39 is 18.4 Å². The van der Waals surface area contributed by atoms with E-state index in [-0.39, 0.29) is 48.8 Å². The zero-order chi connectivity index (χ0) is 26.8. The molecule has 2 aliphatic carbocycles. The van der Waals surface area contributed by atoms with Crippen molar-refractivity contribution in [1.82, 2.24) is 10.6 Å². The first-order chi connectivity index (χ1) is 18.3. The topological polar surface area (TPSA) is 99.8 Å². The van der Waals surface area contributed by atoms with Crippen LogP contribution in [0.4, 0.5) is 20.2 Å². The molecule has 3 amide bonds.